The zero-order valence-corrected chi connectivity index (χ0v) is 22.4. The molecule has 0 radical (unpaired) electrons. The number of fused-ring (bicyclic) bond motifs is 1. The van der Waals surface area contributed by atoms with E-state index in [1.54, 1.807) is 6.07 Å². The van der Waals surface area contributed by atoms with Crippen molar-refractivity contribution >= 4 is 21.6 Å². The van der Waals surface area contributed by atoms with Gasteiger partial charge in [0.2, 0.25) is 0 Å². The Morgan fingerprint density at radius 1 is 1.07 bits per heavy atom. The monoisotopic (exact) mass is 609 g/mol. The number of ether oxygens (including phenoxy) is 1. The van der Waals surface area contributed by atoms with E-state index < -0.39 is 47.8 Å². The number of nitrogens with zero attached hydrogens (tertiary/aromatic N) is 5. The number of aromatic nitrogens is 5. The highest BCUT2D eigenvalue weighted by atomic mass is 32.1. The van der Waals surface area contributed by atoms with Crippen molar-refractivity contribution in [3.63, 3.8) is 0 Å². The molecule has 3 aromatic heterocycles. The maximum Gasteiger partial charge on any atom is 0.340 e. The van der Waals surface area contributed by atoms with Crippen LogP contribution in [0.4, 0.5) is 26.3 Å². The summed E-state index contributed by atoms with van der Waals surface area (Å²) < 4.78 is 87.1. The Balaban J connectivity index is 1.47. The van der Waals surface area contributed by atoms with Crippen molar-refractivity contribution in [2.75, 3.05) is 6.61 Å². The van der Waals surface area contributed by atoms with E-state index in [-0.39, 0.29) is 22.6 Å². The molecule has 42 heavy (non-hydrogen) atoms. The highest BCUT2D eigenvalue weighted by molar-refractivity contribution is 7.22. The third-order valence-corrected chi connectivity index (χ3v) is 7.89. The van der Waals surface area contributed by atoms with Gasteiger partial charge in [-0.2, -0.15) is 13.9 Å². The zero-order valence-electron chi connectivity index (χ0n) is 21.6. The molecule has 0 spiro atoms. The number of halogens is 6. The van der Waals surface area contributed by atoms with Gasteiger partial charge in [-0.15, -0.1) is 11.3 Å². The molecule has 220 valence electrons. The fourth-order valence-corrected chi connectivity index (χ4v) is 5.43. The number of aliphatic hydroxyl groups is 1. The summed E-state index contributed by atoms with van der Waals surface area (Å²) in [5.74, 6) is -6.20. The minimum atomic E-state index is -4.29. The lowest BCUT2D eigenvalue weighted by atomic mass is 9.86. The van der Waals surface area contributed by atoms with Crippen molar-refractivity contribution in [2.45, 2.75) is 37.5 Å². The molecule has 8 nitrogen and oxygen atoms in total. The second-order valence-electron chi connectivity index (χ2n) is 9.47. The fraction of sp³-hybridized carbons (Fsp3) is 0.259. The molecule has 0 saturated carbocycles. The van der Waals surface area contributed by atoms with Crippen molar-refractivity contribution in [3.8, 4) is 16.2 Å². The third kappa shape index (κ3) is 5.61. The first-order valence-electron chi connectivity index (χ1n) is 12.3. The Morgan fingerprint density at radius 3 is 2.45 bits per heavy atom. The molecule has 0 fully saturated rings. The van der Waals surface area contributed by atoms with Gasteiger partial charge in [0.1, 0.15) is 40.3 Å². The minimum Gasteiger partial charge on any atom is -0.487 e. The zero-order chi connectivity index (χ0) is 30.2. The average Bonchev–Trinajstić information content (AvgIpc) is 3.62. The van der Waals surface area contributed by atoms with E-state index in [2.05, 4.69) is 15.1 Å². The molecule has 0 aliphatic heterocycles. The number of hydrogen-bond acceptors (Lipinski definition) is 7. The first-order chi connectivity index (χ1) is 19.9. The first-order valence-corrected chi connectivity index (χ1v) is 13.1. The molecule has 0 bridgehead atoms. The molecule has 5 aromatic rings. The second-order valence-corrected chi connectivity index (χ2v) is 10.5. The molecule has 2 atom stereocenters. The fourth-order valence-electron chi connectivity index (χ4n) is 4.38. The molecular formula is C27H21F6N5O3S. The Kier molecular flexibility index (Phi) is 7.81. The van der Waals surface area contributed by atoms with E-state index in [1.165, 1.54) is 54.9 Å². The van der Waals surface area contributed by atoms with Gasteiger partial charge in [0.05, 0.1) is 24.4 Å². The predicted molar refractivity (Wildman–Crippen MR) is 141 cm³/mol. The molecule has 15 heteroatoms. The Hall–Kier alpha value is -4.24. The molecule has 0 saturated heterocycles. The Bertz CT molecular complexity index is 1760. The predicted octanol–water partition coefficient (Wildman–Crippen LogP) is 5.42. The van der Waals surface area contributed by atoms with Crippen molar-refractivity contribution in [2.24, 2.45) is 0 Å². The summed E-state index contributed by atoms with van der Waals surface area (Å²) in [6.45, 7) is -0.326. The van der Waals surface area contributed by atoms with Crippen molar-refractivity contribution in [3.05, 3.63) is 95.1 Å². The van der Waals surface area contributed by atoms with Gasteiger partial charge in [-0.1, -0.05) is 6.07 Å². The van der Waals surface area contributed by atoms with Crippen LogP contribution in [0.2, 0.25) is 0 Å². The van der Waals surface area contributed by atoms with Crippen LogP contribution in [0, 0.1) is 11.6 Å². The van der Waals surface area contributed by atoms with Crippen LogP contribution in [-0.4, -0.2) is 48.4 Å². The standard InChI is InChI=1S/C27H21F6N5O3S/c1-15(26(40,10-37-13-34-12-36-37)19-7-4-17(28)8-20(19)29)38-14-35-21-9-22(42-23(21)24(38)39)16-2-5-18(6-3-16)41-11-27(32,33)25(30)31/h2-9,12-15,25,40H,10-11H2,1H3/t15-,26-/m1/s1. The van der Waals surface area contributed by atoms with Crippen LogP contribution in [0.15, 0.2) is 72.3 Å². The molecular weight excluding hydrogens is 588 g/mol. The summed E-state index contributed by atoms with van der Waals surface area (Å²) in [6, 6.07) is 8.90. The van der Waals surface area contributed by atoms with Crippen LogP contribution in [-0.2, 0) is 12.1 Å². The van der Waals surface area contributed by atoms with Crippen LogP contribution >= 0.6 is 11.3 Å². The molecule has 0 aliphatic rings. The quantitative estimate of drug-likeness (QED) is 0.213. The largest absolute Gasteiger partial charge is 0.487 e. The van der Waals surface area contributed by atoms with Crippen LogP contribution in [0.1, 0.15) is 18.5 Å². The van der Waals surface area contributed by atoms with E-state index in [1.807, 2.05) is 0 Å². The Morgan fingerprint density at radius 2 is 1.81 bits per heavy atom. The molecule has 0 unspecified atom stereocenters. The molecule has 1 N–H and O–H groups in total. The van der Waals surface area contributed by atoms with Crippen molar-refractivity contribution < 1.29 is 36.2 Å². The van der Waals surface area contributed by atoms with Gasteiger partial charge in [-0.25, -0.2) is 32.2 Å². The maximum atomic E-state index is 14.9. The van der Waals surface area contributed by atoms with Crippen molar-refractivity contribution in [1.82, 2.24) is 24.3 Å². The summed E-state index contributed by atoms with van der Waals surface area (Å²) in [5.41, 5.74) is -2.01. The van der Waals surface area contributed by atoms with Crippen LogP contribution in [0.3, 0.4) is 0 Å². The third-order valence-electron chi connectivity index (χ3n) is 6.73. The highest BCUT2D eigenvalue weighted by Crippen LogP contribution is 2.37. The van der Waals surface area contributed by atoms with Crippen molar-refractivity contribution in [1.29, 1.82) is 0 Å². The first kappa shape index (κ1) is 29.3. The van der Waals surface area contributed by atoms with E-state index in [0.717, 1.165) is 28.0 Å². The summed E-state index contributed by atoms with van der Waals surface area (Å²) in [6.07, 6.45) is -0.131. The average molecular weight is 610 g/mol. The van der Waals surface area contributed by atoms with E-state index >= 15 is 0 Å². The lowest BCUT2D eigenvalue weighted by Crippen LogP contribution is -2.43. The number of benzene rings is 2. The molecule has 5 rings (SSSR count). The summed E-state index contributed by atoms with van der Waals surface area (Å²) >= 11 is 1.06. The highest BCUT2D eigenvalue weighted by Gasteiger charge is 2.42. The van der Waals surface area contributed by atoms with Crippen LogP contribution in [0.5, 0.6) is 5.75 Å². The molecule has 0 aliphatic carbocycles. The van der Waals surface area contributed by atoms with Gasteiger partial charge in [0, 0.05) is 16.5 Å². The molecule has 3 heterocycles. The van der Waals surface area contributed by atoms with Crippen LogP contribution in [0.25, 0.3) is 20.7 Å². The maximum absolute atomic E-state index is 14.9. The van der Waals surface area contributed by atoms with E-state index in [9.17, 15) is 36.2 Å². The number of hydrogen-bond donors (Lipinski definition) is 1. The lowest BCUT2D eigenvalue weighted by molar-refractivity contribution is -0.148. The molecule has 0 amide bonds. The van der Waals surface area contributed by atoms with E-state index in [0.29, 0.717) is 22.0 Å². The van der Waals surface area contributed by atoms with Gasteiger partial charge < -0.3 is 9.84 Å². The summed E-state index contributed by atoms with van der Waals surface area (Å²) in [5, 5.41) is 15.8. The topological polar surface area (TPSA) is 95.1 Å². The SMILES string of the molecule is C[C@@H](n1cnc2cc(-c3ccc(OCC(F)(F)C(F)F)cc3)sc2c1=O)[C@](O)(Cn1cncn1)c1ccc(F)cc1F. The summed E-state index contributed by atoms with van der Waals surface area (Å²) in [4.78, 5) is 22.3. The van der Waals surface area contributed by atoms with Gasteiger partial charge in [-0.3, -0.25) is 9.36 Å². The minimum absolute atomic E-state index is 0.0471. The summed E-state index contributed by atoms with van der Waals surface area (Å²) in [7, 11) is 0. The van der Waals surface area contributed by atoms with E-state index in [4.69, 9.17) is 4.74 Å². The van der Waals surface area contributed by atoms with Crippen LogP contribution < -0.4 is 10.3 Å². The number of rotatable bonds is 10. The number of thiophene rings is 1. The van der Waals surface area contributed by atoms with Gasteiger partial charge in [0.25, 0.3) is 5.56 Å². The van der Waals surface area contributed by atoms with Gasteiger partial charge >= 0.3 is 12.3 Å². The molecule has 2 aromatic carbocycles. The smallest absolute Gasteiger partial charge is 0.340 e. The lowest BCUT2D eigenvalue weighted by Gasteiger charge is -2.35. The second kappa shape index (κ2) is 11.2. The normalized spacial score (nSPS) is 14.3. The number of alkyl halides is 4. The van der Waals surface area contributed by atoms with Gasteiger partial charge in [-0.05, 0) is 48.9 Å². The van der Waals surface area contributed by atoms with Gasteiger partial charge in [0.15, 0.2) is 6.61 Å². The Labute approximate surface area is 237 Å².